The van der Waals surface area contributed by atoms with Crippen molar-refractivity contribution in [3.8, 4) is 0 Å². The highest BCUT2D eigenvalue weighted by Gasteiger charge is 2.58. The second-order valence-corrected chi connectivity index (χ2v) is 7.56. The van der Waals surface area contributed by atoms with E-state index in [2.05, 4.69) is 4.42 Å². The first-order valence-electron chi connectivity index (χ1n) is 10.1. The van der Waals surface area contributed by atoms with Gasteiger partial charge in [-0.2, -0.15) is 13.2 Å². The fourth-order valence-electron chi connectivity index (χ4n) is 3.80. The molecule has 0 aliphatic heterocycles. The molecule has 6 nitrogen and oxygen atoms in total. The number of aliphatic hydroxyl groups is 1. The SMILES string of the molecule is O=C(C[C@@](O)(c1ccco1)C(F)(F)F)OCC(=O)N(c1ccccc1)C1CCCCC1. The Hall–Kier alpha value is -2.81. The zero-order valence-corrected chi connectivity index (χ0v) is 16.8. The average molecular weight is 439 g/mol. The first kappa shape index (κ1) is 22.9. The predicted molar refractivity (Wildman–Crippen MR) is 105 cm³/mol. The van der Waals surface area contributed by atoms with Crippen molar-refractivity contribution < 1.29 is 37.0 Å². The van der Waals surface area contributed by atoms with Gasteiger partial charge in [-0.25, -0.2) is 0 Å². The van der Waals surface area contributed by atoms with Crippen LogP contribution in [0, 0.1) is 0 Å². The molecule has 2 aromatic rings. The average Bonchev–Trinajstić information content (AvgIpc) is 3.29. The summed E-state index contributed by atoms with van der Waals surface area (Å²) in [6.07, 6.45) is -1.06. The Morgan fingerprint density at radius 2 is 1.74 bits per heavy atom. The predicted octanol–water partition coefficient (Wildman–Crippen LogP) is 4.33. The number of furan rings is 1. The summed E-state index contributed by atoms with van der Waals surface area (Å²) in [5, 5.41) is 10.1. The maximum absolute atomic E-state index is 13.4. The number of halogens is 3. The smallest absolute Gasteiger partial charge is 0.425 e. The van der Waals surface area contributed by atoms with Gasteiger partial charge in [0.2, 0.25) is 5.60 Å². The van der Waals surface area contributed by atoms with Gasteiger partial charge in [-0.3, -0.25) is 9.59 Å². The Kier molecular flexibility index (Phi) is 7.04. The van der Waals surface area contributed by atoms with Crippen LogP contribution in [0.4, 0.5) is 18.9 Å². The number of anilines is 1. The molecular formula is C22H24F3NO5. The van der Waals surface area contributed by atoms with Crippen LogP contribution in [-0.2, 0) is 19.9 Å². The van der Waals surface area contributed by atoms with Crippen molar-refractivity contribution in [2.75, 3.05) is 11.5 Å². The van der Waals surface area contributed by atoms with Gasteiger partial charge in [0.25, 0.3) is 5.91 Å². The lowest BCUT2D eigenvalue weighted by Gasteiger charge is -2.34. The van der Waals surface area contributed by atoms with E-state index in [0.717, 1.165) is 44.4 Å². The zero-order chi connectivity index (χ0) is 22.5. The summed E-state index contributed by atoms with van der Waals surface area (Å²) in [6, 6.07) is 10.9. The highest BCUT2D eigenvalue weighted by Crippen LogP contribution is 2.42. The number of nitrogens with zero attached hydrogens (tertiary/aromatic N) is 1. The maximum Gasteiger partial charge on any atom is 0.425 e. The number of alkyl halides is 3. The molecule has 1 atom stereocenters. The topological polar surface area (TPSA) is 80.0 Å². The van der Waals surface area contributed by atoms with Crippen molar-refractivity contribution in [3.63, 3.8) is 0 Å². The summed E-state index contributed by atoms with van der Waals surface area (Å²) in [4.78, 5) is 26.6. The molecule has 0 saturated heterocycles. The van der Waals surface area contributed by atoms with Gasteiger partial charge in [0.15, 0.2) is 6.61 Å². The number of rotatable bonds is 7. The molecule has 1 saturated carbocycles. The van der Waals surface area contributed by atoms with Crippen molar-refractivity contribution >= 4 is 17.6 Å². The number of hydrogen-bond donors (Lipinski definition) is 1. The molecule has 0 bridgehead atoms. The quantitative estimate of drug-likeness (QED) is 0.650. The van der Waals surface area contributed by atoms with Crippen LogP contribution < -0.4 is 4.90 Å². The molecular weight excluding hydrogens is 415 g/mol. The van der Waals surface area contributed by atoms with Gasteiger partial charge in [-0.15, -0.1) is 0 Å². The highest BCUT2D eigenvalue weighted by atomic mass is 19.4. The molecule has 168 valence electrons. The van der Waals surface area contributed by atoms with Crippen LogP contribution in [0.2, 0.25) is 0 Å². The lowest BCUT2D eigenvalue weighted by Crippen LogP contribution is -2.46. The van der Waals surface area contributed by atoms with E-state index in [1.807, 2.05) is 0 Å². The number of esters is 1. The van der Waals surface area contributed by atoms with E-state index in [0.29, 0.717) is 5.69 Å². The molecule has 1 N–H and O–H groups in total. The molecule has 31 heavy (non-hydrogen) atoms. The van der Waals surface area contributed by atoms with Crippen LogP contribution in [0.1, 0.15) is 44.3 Å². The third-order valence-corrected chi connectivity index (χ3v) is 5.40. The van der Waals surface area contributed by atoms with Crippen molar-refractivity contribution in [2.24, 2.45) is 0 Å². The minimum Gasteiger partial charge on any atom is -0.466 e. The van der Waals surface area contributed by atoms with Crippen molar-refractivity contribution in [2.45, 2.75) is 56.3 Å². The number of carbonyl (C=O) groups is 2. The number of ether oxygens (including phenoxy) is 1. The number of hydrogen-bond acceptors (Lipinski definition) is 5. The normalized spacial score (nSPS) is 17.0. The monoisotopic (exact) mass is 439 g/mol. The van der Waals surface area contributed by atoms with Crippen LogP contribution >= 0.6 is 0 Å². The zero-order valence-electron chi connectivity index (χ0n) is 16.8. The van der Waals surface area contributed by atoms with Gasteiger partial charge < -0.3 is 19.2 Å². The van der Waals surface area contributed by atoms with Crippen molar-refractivity contribution in [1.29, 1.82) is 0 Å². The summed E-state index contributed by atoms with van der Waals surface area (Å²) in [5.41, 5.74) is -2.91. The number of amides is 1. The largest absolute Gasteiger partial charge is 0.466 e. The number of carbonyl (C=O) groups excluding carboxylic acids is 2. The Morgan fingerprint density at radius 1 is 1.06 bits per heavy atom. The highest BCUT2D eigenvalue weighted by molar-refractivity contribution is 5.95. The number of para-hydroxylation sites is 1. The van der Waals surface area contributed by atoms with E-state index in [9.17, 15) is 27.9 Å². The fourth-order valence-corrected chi connectivity index (χ4v) is 3.80. The van der Waals surface area contributed by atoms with E-state index in [-0.39, 0.29) is 6.04 Å². The molecule has 1 aliphatic carbocycles. The Bertz CT molecular complexity index is 863. The Morgan fingerprint density at radius 3 is 2.32 bits per heavy atom. The molecule has 0 unspecified atom stereocenters. The second-order valence-electron chi connectivity index (χ2n) is 7.56. The van der Waals surface area contributed by atoms with Gasteiger partial charge in [0, 0.05) is 11.7 Å². The summed E-state index contributed by atoms with van der Waals surface area (Å²) >= 11 is 0. The minimum atomic E-state index is -5.17. The minimum absolute atomic E-state index is 0.0717. The molecule has 1 aromatic heterocycles. The van der Waals surface area contributed by atoms with Gasteiger partial charge in [0.05, 0.1) is 12.7 Å². The lowest BCUT2D eigenvalue weighted by molar-refractivity contribution is -0.275. The summed E-state index contributed by atoms with van der Waals surface area (Å²) in [5.74, 6) is -2.71. The van der Waals surface area contributed by atoms with E-state index < -0.39 is 42.4 Å². The molecule has 3 rings (SSSR count). The van der Waals surface area contributed by atoms with Crippen LogP contribution in [-0.4, -0.2) is 35.8 Å². The van der Waals surface area contributed by atoms with Crippen LogP contribution in [0.15, 0.2) is 53.1 Å². The van der Waals surface area contributed by atoms with Gasteiger partial charge in [-0.05, 0) is 37.1 Å². The summed E-state index contributed by atoms with van der Waals surface area (Å²) in [6.45, 7) is -0.726. The van der Waals surface area contributed by atoms with Crippen molar-refractivity contribution in [1.82, 2.24) is 0 Å². The molecule has 0 spiro atoms. The van der Waals surface area contributed by atoms with Gasteiger partial charge in [0.1, 0.15) is 5.76 Å². The Balaban J connectivity index is 1.69. The van der Waals surface area contributed by atoms with Crippen LogP contribution in [0.25, 0.3) is 0 Å². The number of benzene rings is 1. The fraction of sp³-hybridized carbons (Fsp3) is 0.455. The van der Waals surface area contributed by atoms with Gasteiger partial charge >= 0.3 is 12.1 Å². The second kappa shape index (κ2) is 9.55. The molecule has 1 fully saturated rings. The van der Waals surface area contributed by atoms with E-state index in [4.69, 9.17) is 4.74 Å². The molecule has 1 aliphatic rings. The van der Waals surface area contributed by atoms with Gasteiger partial charge in [-0.1, -0.05) is 37.5 Å². The Labute approximate surface area is 177 Å². The first-order chi connectivity index (χ1) is 14.7. The molecule has 1 aromatic carbocycles. The molecule has 9 heteroatoms. The first-order valence-corrected chi connectivity index (χ1v) is 10.1. The van der Waals surface area contributed by atoms with E-state index in [1.54, 1.807) is 35.2 Å². The molecule has 1 heterocycles. The molecule has 1 amide bonds. The van der Waals surface area contributed by atoms with E-state index >= 15 is 0 Å². The molecule has 0 radical (unpaired) electrons. The van der Waals surface area contributed by atoms with Crippen LogP contribution in [0.5, 0.6) is 0 Å². The summed E-state index contributed by atoms with van der Waals surface area (Å²) < 4.78 is 49.8. The maximum atomic E-state index is 13.4. The van der Waals surface area contributed by atoms with Crippen LogP contribution in [0.3, 0.4) is 0 Å². The third kappa shape index (κ3) is 5.28. The summed E-state index contributed by atoms with van der Waals surface area (Å²) in [7, 11) is 0. The lowest BCUT2D eigenvalue weighted by atomic mass is 9.93. The third-order valence-electron chi connectivity index (χ3n) is 5.40. The standard InChI is InChI=1S/C22H24F3NO5/c23-22(24,25)21(29,18-12-7-13-30-18)14-20(28)31-15-19(27)26(16-8-3-1-4-9-16)17-10-5-2-6-11-17/h1,3-4,7-9,12-13,17,29H,2,5-6,10-11,14-15H2/t21-/m1/s1. The van der Waals surface area contributed by atoms with E-state index in [1.165, 1.54) is 6.07 Å². The van der Waals surface area contributed by atoms with Crippen molar-refractivity contribution in [3.05, 3.63) is 54.5 Å².